The molecule has 1 amide bonds. The van der Waals surface area contributed by atoms with E-state index in [9.17, 15) is 13.2 Å². The lowest BCUT2D eigenvalue weighted by molar-refractivity contribution is -0.122. The number of hydrogen-bond acceptors (Lipinski definition) is 5. The van der Waals surface area contributed by atoms with Crippen LogP contribution in [0, 0.1) is 18.3 Å². The van der Waals surface area contributed by atoms with Gasteiger partial charge in [0.2, 0.25) is 0 Å². The van der Waals surface area contributed by atoms with E-state index in [2.05, 4.69) is 21.2 Å². The van der Waals surface area contributed by atoms with Gasteiger partial charge in [-0.1, -0.05) is 15.9 Å². The Labute approximate surface area is 129 Å². The van der Waals surface area contributed by atoms with Gasteiger partial charge in [-0.3, -0.25) is 4.79 Å². The average molecular weight is 382 g/mol. The van der Waals surface area contributed by atoms with E-state index in [0.717, 1.165) is 0 Å². The van der Waals surface area contributed by atoms with Gasteiger partial charge in [0.1, 0.15) is 17.2 Å². The zero-order chi connectivity index (χ0) is 15.3. The molecule has 0 aliphatic rings. The Balaban J connectivity index is 3.01. The van der Waals surface area contributed by atoms with Crippen LogP contribution in [-0.4, -0.2) is 27.5 Å². The highest BCUT2D eigenvalue weighted by atomic mass is 79.9. The van der Waals surface area contributed by atoms with Crippen LogP contribution in [-0.2, 0) is 13.8 Å². The lowest BCUT2D eigenvalue weighted by atomic mass is 10.2. The Bertz CT molecular complexity index is 670. The highest BCUT2D eigenvalue weighted by molar-refractivity contribution is 9.10. The van der Waals surface area contributed by atoms with E-state index in [0.29, 0.717) is 10.0 Å². The summed E-state index contributed by atoms with van der Waals surface area (Å²) in [6.07, 6.45) is 0. The third-order valence-electron chi connectivity index (χ3n) is 2.18. The molecule has 0 radical (unpaired) electrons. The molecule has 6 nitrogen and oxygen atoms in total. The molecule has 1 aromatic rings. The molecule has 0 saturated carbocycles. The second-order valence-corrected chi connectivity index (χ2v) is 7.16. The number of hydrogen-bond donors (Lipinski definition) is 1. The minimum atomic E-state index is -4.01. The third kappa shape index (κ3) is 4.67. The molecule has 20 heavy (non-hydrogen) atoms. The van der Waals surface area contributed by atoms with E-state index in [1.54, 1.807) is 19.1 Å². The summed E-state index contributed by atoms with van der Waals surface area (Å²) in [5.41, 5.74) is 0.506. The topological polar surface area (TPSA) is 96.3 Å². The van der Waals surface area contributed by atoms with Crippen molar-refractivity contribution in [3.63, 3.8) is 0 Å². The standard InChI is InChI=1S/C11H10BrClN2O4S/c1-7-4-8(12)5-9(20(13,17)18)11(7)19-6-10(16)15-3-2-14/h4-5H,3,6H2,1H3,(H,15,16). The van der Waals surface area contributed by atoms with E-state index >= 15 is 0 Å². The summed E-state index contributed by atoms with van der Waals surface area (Å²) < 4.78 is 28.7. The number of nitrogens with one attached hydrogen (secondary N) is 1. The number of carbonyl (C=O) groups excluding carboxylic acids is 1. The summed E-state index contributed by atoms with van der Waals surface area (Å²) in [5, 5.41) is 10.6. The fraction of sp³-hybridized carbons (Fsp3) is 0.273. The minimum Gasteiger partial charge on any atom is -0.482 e. The molecule has 1 rings (SSSR count). The summed E-state index contributed by atoms with van der Waals surface area (Å²) in [5.74, 6) is -0.526. The molecule has 0 aliphatic heterocycles. The molecule has 0 aromatic heterocycles. The Morgan fingerprint density at radius 1 is 1.55 bits per heavy atom. The fourth-order valence-electron chi connectivity index (χ4n) is 1.39. The Hall–Kier alpha value is -1.30. The second-order valence-electron chi connectivity index (χ2n) is 3.71. The molecule has 1 N–H and O–H groups in total. The van der Waals surface area contributed by atoms with Crippen molar-refractivity contribution in [2.24, 2.45) is 0 Å². The van der Waals surface area contributed by atoms with Crippen LogP contribution in [0.15, 0.2) is 21.5 Å². The maximum Gasteiger partial charge on any atom is 0.265 e. The van der Waals surface area contributed by atoms with Gasteiger partial charge in [0.05, 0.1) is 6.07 Å². The van der Waals surface area contributed by atoms with Crippen molar-refractivity contribution in [2.75, 3.05) is 13.2 Å². The molecule has 1 aromatic carbocycles. The molecule has 0 spiro atoms. The van der Waals surface area contributed by atoms with Gasteiger partial charge in [-0.05, 0) is 24.6 Å². The quantitative estimate of drug-likeness (QED) is 0.618. The van der Waals surface area contributed by atoms with E-state index in [4.69, 9.17) is 20.7 Å². The van der Waals surface area contributed by atoms with Gasteiger partial charge in [-0.15, -0.1) is 0 Å². The van der Waals surface area contributed by atoms with Crippen LogP contribution in [0.5, 0.6) is 5.75 Å². The maximum atomic E-state index is 11.5. The first-order valence-corrected chi connectivity index (χ1v) is 8.37. The van der Waals surface area contributed by atoms with E-state index in [1.807, 2.05) is 0 Å². The summed E-state index contributed by atoms with van der Waals surface area (Å²) in [6.45, 7) is 1.06. The third-order valence-corrected chi connectivity index (χ3v) is 3.97. The maximum absolute atomic E-state index is 11.5. The fourth-order valence-corrected chi connectivity index (χ4v) is 3.17. The largest absolute Gasteiger partial charge is 0.482 e. The summed E-state index contributed by atoms with van der Waals surface area (Å²) >= 11 is 3.16. The normalized spacial score (nSPS) is 10.7. The van der Waals surface area contributed by atoms with Crippen molar-refractivity contribution >= 4 is 41.6 Å². The summed E-state index contributed by atoms with van der Waals surface area (Å²) in [6, 6.07) is 4.66. The molecule has 9 heteroatoms. The zero-order valence-corrected chi connectivity index (χ0v) is 13.5. The first-order chi connectivity index (χ1) is 9.25. The lowest BCUT2D eigenvalue weighted by Crippen LogP contribution is -2.29. The molecule has 0 bridgehead atoms. The number of nitriles is 1. The van der Waals surface area contributed by atoms with Gasteiger partial charge in [-0.2, -0.15) is 5.26 Å². The van der Waals surface area contributed by atoms with Crippen molar-refractivity contribution < 1.29 is 17.9 Å². The number of halogens is 2. The van der Waals surface area contributed by atoms with E-state index in [-0.39, 0.29) is 17.2 Å². The van der Waals surface area contributed by atoms with Crippen LogP contribution in [0.2, 0.25) is 0 Å². The van der Waals surface area contributed by atoms with Crippen molar-refractivity contribution in [3.05, 3.63) is 22.2 Å². The smallest absolute Gasteiger partial charge is 0.265 e. The van der Waals surface area contributed by atoms with E-state index in [1.165, 1.54) is 6.07 Å². The predicted octanol–water partition coefficient (Wildman–Crippen LogP) is 1.70. The average Bonchev–Trinajstić information content (AvgIpc) is 2.33. The van der Waals surface area contributed by atoms with Gasteiger partial charge in [0.15, 0.2) is 6.61 Å². The van der Waals surface area contributed by atoms with Crippen LogP contribution >= 0.6 is 26.6 Å². The second kappa shape index (κ2) is 6.92. The van der Waals surface area contributed by atoms with Gasteiger partial charge in [0.25, 0.3) is 15.0 Å². The lowest BCUT2D eigenvalue weighted by Gasteiger charge is -2.12. The highest BCUT2D eigenvalue weighted by Crippen LogP contribution is 2.33. The minimum absolute atomic E-state index is 0.00954. The number of aryl methyl sites for hydroxylation is 1. The first-order valence-electron chi connectivity index (χ1n) is 5.27. The zero-order valence-electron chi connectivity index (χ0n) is 10.3. The van der Waals surface area contributed by atoms with Crippen LogP contribution in [0.4, 0.5) is 0 Å². The number of amides is 1. The number of ether oxygens (including phenoxy) is 1. The molecule has 108 valence electrons. The van der Waals surface area contributed by atoms with Crippen molar-refractivity contribution in [1.82, 2.24) is 5.32 Å². The van der Waals surface area contributed by atoms with Crippen LogP contribution in [0.3, 0.4) is 0 Å². The van der Waals surface area contributed by atoms with Crippen molar-refractivity contribution in [1.29, 1.82) is 5.26 Å². The Morgan fingerprint density at radius 2 is 2.20 bits per heavy atom. The molecule has 0 unspecified atom stereocenters. The first kappa shape index (κ1) is 16.8. The Kier molecular flexibility index (Phi) is 5.80. The van der Waals surface area contributed by atoms with Crippen molar-refractivity contribution in [2.45, 2.75) is 11.8 Å². The molecular weight excluding hydrogens is 372 g/mol. The molecule has 0 heterocycles. The van der Waals surface area contributed by atoms with E-state index < -0.39 is 21.6 Å². The number of carbonyl (C=O) groups is 1. The molecular formula is C11H10BrClN2O4S. The summed E-state index contributed by atoms with van der Waals surface area (Å²) in [7, 11) is 1.32. The summed E-state index contributed by atoms with van der Waals surface area (Å²) in [4.78, 5) is 11.1. The molecule has 0 saturated heterocycles. The number of rotatable bonds is 5. The van der Waals surface area contributed by atoms with Crippen molar-refractivity contribution in [3.8, 4) is 11.8 Å². The molecule has 0 atom stereocenters. The number of nitrogens with zero attached hydrogens (tertiary/aromatic N) is 1. The van der Waals surface area contributed by atoms with Gasteiger partial charge in [-0.25, -0.2) is 8.42 Å². The number of benzene rings is 1. The van der Waals surface area contributed by atoms with Crippen LogP contribution in [0.25, 0.3) is 0 Å². The van der Waals surface area contributed by atoms with Gasteiger partial charge >= 0.3 is 0 Å². The molecule has 0 aliphatic carbocycles. The monoisotopic (exact) mass is 380 g/mol. The van der Waals surface area contributed by atoms with Crippen LogP contribution < -0.4 is 10.1 Å². The molecule has 0 fully saturated rings. The Morgan fingerprint density at radius 3 is 2.75 bits per heavy atom. The predicted molar refractivity (Wildman–Crippen MR) is 76.0 cm³/mol. The van der Waals surface area contributed by atoms with Gasteiger partial charge < -0.3 is 10.1 Å². The highest BCUT2D eigenvalue weighted by Gasteiger charge is 2.20. The van der Waals surface area contributed by atoms with Crippen LogP contribution in [0.1, 0.15) is 5.56 Å². The SMILES string of the molecule is Cc1cc(Br)cc(S(=O)(=O)Cl)c1OCC(=O)NCC#N. The van der Waals surface area contributed by atoms with Gasteiger partial charge in [0, 0.05) is 15.2 Å².